The molecule has 2 amide bonds. The number of hydrogen-bond donors (Lipinski definition) is 2. The van der Waals surface area contributed by atoms with Crippen molar-refractivity contribution in [2.75, 3.05) is 11.9 Å². The quantitative estimate of drug-likeness (QED) is 0.352. The lowest BCUT2D eigenvalue weighted by atomic mass is 10.1. The van der Waals surface area contributed by atoms with Crippen molar-refractivity contribution in [2.24, 2.45) is 16.1 Å². The number of allylic oxidation sites excluding steroid dienone is 1. The number of nitrogens with one attached hydrogen (secondary N) is 1. The van der Waals surface area contributed by atoms with Gasteiger partial charge in [-0.2, -0.15) is 18.3 Å². The van der Waals surface area contributed by atoms with Crippen molar-refractivity contribution in [1.82, 2.24) is 19.8 Å². The average Bonchev–Trinajstić information content (AvgIpc) is 3.09. The number of carbonyl (C=O) groups is 2. The molecule has 0 saturated carbocycles. The summed E-state index contributed by atoms with van der Waals surface area (Å²) in [7, 11) is 0. The summed E-state index contributed by atoms with van der Waals surface area (Å²) in [6.45, 7) is 1.82. The lowest BCUT2D eigenvalue weighted by Gasteiger charge is -2.14. The molecule has 0 atom stereocenters. The van der Waals surface area contributed by atoms with Crippen molar-refractivity contribution in [3.8, 4) is 5.82 Å². The molecule has 0 saturated heterocycles. The van der Waals surface area contributed by atoms with Crippen molar-refractivity contribution in [3.05, 3.63) is 79.4 Å². The molecule has 15 heteroatoms. The molecule has 0 aliphatic carbocycles. The largest absolute Gasteiger partial charge is 0.434 e. The molecule has 4 rings (SSSR count). The van der Waals surface area contributed by atoms with E-state index in [1.807, 2.05) is 22.6 Å². The van der Waals surface area contributed by atoms with Gasteiger partial charge in [-0.15, -0.1) is 5.11 Å². The number of carbonyl (C=O) groups excluding carboxylic acids is 2. The van der Waals surface area contributed by atoms with E-state index >= 15 is 0 Å². The Hall–Kier alpha value is -3.53. The Balaban J connectivity index is 1.69. The number of alkyl halides is 3. The molecule has 0 radical (unpaired) electrons. The number of benzene rings is 1. The third-order valence-electron chi connectivity index (χ3n) is 5.38. The summed E-state index contributed by atoms with van der Waals surface area (Å²) in [6, 6.07) is 7.93. The van der Waals surface area contributed by atoms with Crippen LogP contribution in [0.2, 0.25) is 5.02 Å². The van der Waals surface area contributed by atoms with Crippen LogP contribution in [0.4, 0.5) is 18.9 Å². The fourth-order valence-electron chi connectivity index (χ4n) is 3.66. The molecule has 0 unspecified atom stereocenters. The Labute approximate surface area is 232 Å². The number of amides is 2. The summed E-state index contributed by atoms with van der Waals surface area (Å²) in [6.07, 6.45) is -2.12. The Morgan fingerprint density at radius 2 is 2.03 bits per heavy atom. The molecular formula is C23H19ClF3IN8O2. The maximum absolute atomic E-state index is 13.5. The van der Waals surface area contributed by atoms with Crippen molar-refractivity contribution in [3.63, 3.8) is 0 Å². The van der Waals surface area contributed by atoms with Crippen molar-refractivity contribution in [1.29, 1.82) is 0 Å². The molecule has 38 heavy (non-hydrogen) atoms. The minimum absolute atomic E-state index is 0.00911. The Kier molecular flexibility index (Phi) is 8.01. The Morgan fingerprint density at radius 1 is 1.26 bits per heavy atom. The van der Waals surface area contributed by atoms with Crippen molar-refractivity contribution < 1.29 is 22.8 Å². The molecule has 10 nitrogen and oxygen atoms in total. The lowest BCUT2D eigenvalue weighted by Crippen LogP contribution is -2.22. The molecule has 0 bridgehead atoms. The van der Waals surface area contributed by atoms with E-state index in [0.717, 1.165) is 9.65 Å². The second-order valence-electron chi connectivity index (χ2n) is 8.16. The predicted molar refractivity (Wildman–Crippen MR) is 141 cm³/mol. The van der Waals surface area contributed by atoms with E-state index in [9.17, 15) is 22.8 Å². The van der Waals surface area contributed by atoms with E-state index in [0.29, 0.717) is 11.3 Å². The third kappa shape index (κ3) is 6.12. The summed E-state index contributed by atoms with van der Waals surface area (Å²) in [5.41, 5.74) is 5.72. The van der Waals surface area contributed by atoms with Gasteiger partial charge in [-0.05, 0) is 77.9 Å². The topological polar surface area (TPSA) is 131 Å². The van der Waals surface area contributed by atoms with Crippen LogP contribution in [0.25, 0.3) is 5.82 Å². The second-order valence-corrected chi connectivity index (χ2v) is 9.81. The van der Waals surface area contributed by atoms with Gasteiger partial charge in [-0.3, -0.25) is 14.6 Å². The molecule has 1 aliphatic rings. The zero-order chi connectivity index (χ0) is 27.6. The zero-order valence-corrected chi connectivity index (χ0v) is 22.5. The zero-order valence-electron chi connectivity index (χ0n) is 19.6. The fraction of sp³-hybridized carbons (Fsp3) is 0.217. The van der Waals surface area contributed by atoms with E-state index in [4.69, 9.17) is 17.3 Å². The summed E-state index contributed by atoms with van der Waals surface area (Å²) < 4.78 is 41.0. The van der Waals surface area contributed by atoms with E-state index in [2.05, 4.69) is 25.7 Å². The molecule has 1 aliphatic heterocycles. The van der Waals surface area contributed by atoms with Crippen LogP contribution in [0.1, 0.15) is 38.5 Å². The van der Waals surface area contributed by atoms with Crippen LogP contribution in [0.5, 0.6) is 0 Å². The first-order chi connectivity index (χ1) is 17.9. The van der Waals surface area contributed by atoms with Crippen LogP contribution in [0.3, 0.4) is 0 Å². The van der Waals surface area contributed by atoms with E-state index in [-0.39, 0.29) is 47.3 Å². The van der Waals surface area contributed by atoms with Crippen LogP contribution in [0, 0.1) is 10.5 Å². The predicted octanol–water partition coefficient (Wildman–Crippen LogP) is 5.20. The maximum atomic E-state index is 13.5. The summed E-state index contributed by atoms with van der Waals surface area (Å²) >= 11 is 8.35. The van der Waals surface area contributed by atoms with Crippen LogP contribution >= 0.6 is 34.2 Å². The van der Waals surface area contributed by atoms with Gasteiger partial charge in [-0.25, -0.2) is 9.67 Å². The van der Waals surface area contributed by atoms with Gasteiger partial charge in [0.25, 0.3) is 11.8 Å². The number of nitrogens with two attached hydrogens (primary N) is 1. The number of hydrogen-bond acceptors (Lipinski definition) is 7. The maximum Gasteiger partial charge on any atom is 0.434 e. The van der Waals surface area contributed by atoms with Crippen LogP contribution in [-0.2, 0) is 6.54 Å². The van der Waals surface area contributed by atoms with Crippen molar-refractivity contribution >= 4 is 51.7 Å². The fourth-order valence-corrected chi connectivity index (χ4v) is 4.64. The number of pyridine rings is 1. The van der Waals surface area contributed by atoms with Crippen LogP contribution < -0.4 is 11.1 Å². The van der Waals surface area contributed by atoms with Gasteiger partial charge in [0.2, 0.25) is 0 Å². The minimum Gasteiger partial charge on any atom is -0.366 e. The van der Waals surface area contributed by atoms with Gasteiger partial charge in [0.05, 0.1) is 28.5 Å². The number of aryl methyl sites for hydroxylation is 1. The second kappa shape index (κ2) is 11.1. The normalized spacial score (nSPS) is 13.7. The third-order valence-corrected chi connectivity index (χ3v) is 6.29. The molecule has 3 heterocycles. The number of nitrogens with zero attached hydrogens (tertiary/aromatic N) is 6. The monoisotopic (exact) mass is 658 g/mol. The summed E-state index contributed by atoms with van der Waals surface area (Å²) in [4.78, 5) is 29.7. The highest BCUT2D eigenvalue weighted by molar-refractivity contribution is 14.1. The SMILES string of the molecule is Cc1cc(I)cc(C(N)=O)c1NC(=O)c1cc(CN2CCC=C(C(F)(F)F)N=N2)nn1-c1ncccc1Cl. The molecular weight excluding hydrogens is 640 g/mol. The number of rotatable bonds is 6. The van der Waals surface area contributed by atoms with E-state index < -0.39 is 23.7 Å². The molecule has 3 aromatic rings. The molecule has 1 aromatic carbocycles. The first kappa shape index (κ1) is 27.5. The van der Waals surface area contributed by atoms with E-state index in [1.165, 1.54) is 22.0 Å². The standard InChI is InChI=1S/C23H19ClF3IN8O2/c1-12-8-13(28)9-15(20(29)37)19(12)31-22(38)17-10-14(33-36(17)21-16(24)4-2-6-30-21)11-35-7-3-5-18(32-34-35)23(25,26)27/h2,4-6,8-10H,3,7,11H2,1H3,(H2,29,37)(H,31,38). The highest BCUT2D eigenvalue weighted by atomic mass is 127. The van der Waals surface area contributed by atoms with Gasteiger partial charge >= 0.3 is 6.18 Å². The van der Waals surface area contributed by atoms with Gasteiger partial charge in [0, 0.05) is 16.3 Å². The number of aromatic nitrogens is 3. The molecule has 0 fully saturated rings. The first-order valence-electron chi connectivity index (χ1n) is 11.0. The lowest BCUT2D eigenvalue weighted by molar-refractivity contribution is -0.0934. The first-order valence-corrected chi connectivity index (χ1v) is 12.4. The Morgan fingerprint density at radius 3 is 2.71 bits per heavy atom. The highest BCUT2D eigenvalue weighted by Gasteiger charge is 2.35. The number of anilines is 1. The molecule has 0 spiro atoms. The molecule has 3 N–H and O–H groups in total. The Bertz CT molecular complexity index is 1470. The van der Waals surface area contributed by atoms with Crippen LogP contribution in [0.15, 0.2) is 58.6 Å². The van der Waals surface area contributed by atoms with Gasteiger partial charge in [0.15, 0.2) is 11.5 Å². The molecule has 198 valence electrons. The van der Waals surface area contributed by atoms with Gasteiger partial charge in [0.1, 0.15) is 5.69 Å². The summed E-state index contributed by atoms with van der Waals surface area (Å²) in [5.74, 6) is -1.21. The number of primary amides is 1. The van der Waals surface area contributed by atoms with Crippen molar-refractivity contribution in [2.45, 2.75) is 26.1 Å². The van der Waals surface area contributed by atoms with E-state index in [1.54, 1.807) is 31.2 Å². The average molecular weight is 659 g/mol. The smallest absolute Gasteiger partial charge is 0.366 e. The number of halogens is 5. The highest BCUT2D eigenvalue weighted by Crippen LogP contribution is 2.29. The summed E-state index contributed by atoms with van der Waals surface area (Å²) in [5, 5.41) is 15.6. The van der Waals surface area contributed by atoms with Crippen LogP contribution in [-0.4, -0.2) is 44.3 Å². The minimum atomic E-state index is -4.61. The van der Waals surface area contributed by atoms with Gasteiger partial charge in [-0.1, -0.05) is 16.8 Å². The van der Waals surface area contributed by atoms with Gasteiger partial charge < -0.3 is 11.1 Å². The molecule has 2 aromatic heterocycles.